The number of benzene rings is 2. The van der Waals surface area contributed by atoms with Crippen LogP contribution in [0.3, 0.4) is 0 Å². The average Bonchev–Trinajstić information content (AvgIpc) is 3.34. The summed E-state index contributed by atoms with van der Waals surface area (Å²) in [5, 5.41) is 17.2. The molecule has 0 atom stereocenters. The summed E-state index contributed by atoms with van der Waals surface area (Å²) in [7, 11) is 1.98. The summed E-state index contributed by atoms with van der Waals surface area (Å²) in [6.07, 6.45) is 9.60. The van der Waals surface area contributed by atoms with Gasteiger partial charge in [0.1, 0.15) is 0 Å². The standard InChI is InChI=1S/C29H32N6/c1-20(30)21-5-8-24(9-6-21)34-14-3-4-22(12-15-34)23-7-10-28-26(16-23)27-18-31-13-11-29(27)35(28)25-17-32-33(2)19-25/h4-10,16-17,19,30-31H,3,11-15,18H2,1-2H3. The predicted molar refractivity (Wildman–Crippen MR) is 144 cm³/mol. The molecule has 0 bridgehead atoms. The molecule has 4 aromatic rings. The van der Waals surface area contributed by atoms with Crippen molar-refractivity contribution >= 4 is 27.9 Å². The molecule has 2 aromatic heterocycles. The van der Waals surface area contributed by atoms with Crippen molar-refractivity contribution in [1.82, 2.24) is 19.7 Å². The molecule has 6 rings (SSSR count). The molecule has 2 aliphatic heterocycles. The van der Waals surface area contributed by atoms with E-state index in [1.165, 1.54) is 39.0 Å². The van der Waals surface area contributed by atoms with Crippen molar-refractivity contribution in [2.75, 3.05) is 24.5 Å². The van der Waals surface area contributed by atoms with Gasteiger partial charge in [-0.05, 0) is 66.3 Å². The van der Waals surface area contributed by atoms with E-state index in [9.17, 15) is 0 Å². The second kappa shape index (κ2) is 8.86. The van der Waals surface area contributed by atoms with Crippen molar-refractivity contribution in [2.45, 2.75) is 32.7 Å². The van der Waals surface area contributed by atoms with E-state index in [1.807, 2.05) is 24.9 Å². The maximum Gasteiger partial charge on any atom is 0.0840 e. The zero-order valence-corrected chi connectivity index (χ0v) is 20.5. The van der Waals surface area contributed by atoms with Crippen molar-refractivity contribution in [3.05, 3.63) is 83.3 Å². The monoisotopic (exact) mass is 464 g/mol. The lowest BCUT2D eigenvalue weighted by Crippen LogP contribution is -2.24. The van der Waals surface area contributed by atoms with E-state index >= 15 is 0 Å². The zero-order valence-electron chi connectivity index (χ0n) is 20.5. The largest absolute Gasteiger partial charge is 0.371 e. The number of aromatic nitrogens is 3. The lowest BCUT2D eigenvalue weighted by molar-refractivity contribution is 0.631. The highest BCUT2D eigenvalue weighted by molar-refractivity contribution is 5.96. The normalized spacial score (nSPS) is 16.2. The molecule has 0 unspecified atom stereocenters. The van der Waals surface area contributed by atoms with Gasteiger partial charge in [0.25, 0.3) is 0 Å². The molecular weight excluding hydrogens is 432 g/mol. The van der Waals surface area contributed by atoms with E-state index in [0.29, 0.717) is 5.71 Å². The SMILES string of the molecule is CC(=N)c1ccc(N2CCC=C(c3ccc4c(c3)c3c(n4-c4cnn(C)c4)CCNC3)CC2)cc1. The van der Waals surface area contributed by atoms with Crippen LogP contribution in [0.5, 0.6) is 0 Å². The molecule has 0 spiro atoms. The molecule has 0 saturated carbocycles. The number of hydrogen-bond acceptors (Lipinski definition) is 4. The number of anilines is 1. The molecule has 35 heavy (non-hydrogen) atoms. The highest BCUT2D eigenvalue weighted by atomic mass is 15.3. The van der Waals surface area contributed by atoms with Gasteiger partial charge in [-0.25, -0.2) is 0 Å². The van der Waals surface area contributed by atoms with Gasteiger partial charge in [-0.15, -0.1) is 0 Å². The van der Waals surface area contributed by atoms with E-state index in [4.69, 9.17) is 5.41 Å². The van der Waals surface area contributed by atoms with Gasteiger partial charge in [-0.2, -0.15) is 5.10 Å². The third-order valence-corrected chi connectivity index (χ3v) is 7.45. The minimum atomic E-state index is 0.613. The maximum atomic E-state index is 7.84. The molecule has 0 fully saturated rings. The van der Waals surface area contributed by atoms with Crippen LogP contribution in [0.4, 0.5) is 5.69 Å². The van der Waals surface area contributed by atoms with Crippen molar-refractivity contribution in [3.63, 3.8) is 0 Å². The van der Waals surface area contributed by atoms with Crippen molar-refractivity contribution in [2.24, 2.45) is 7.05 Å². The molecule has 4 heterocycles. The van der Waals surface area contributed by atoms with Crippen LogP contribution >= 0.6 is 0 Å². The Morgan fingerprint density at radius 3 is 2.66 bits per heavy atom. The number of rotatable bonds is 4. The first-order valence-corrected chi connectivity index (χ1v) is 12.5. The quantitative estimate of drug-likeness (QED) is 0.414. The topological polar surface area (TPSA) is 61.9 Å². The lowest BCUT2D eigenvalue weighted by Gasteiger charge is -2.23. The number of hydrogen-bond donors (Lipinski definition) is 2. The van der Waals surface area contributed by atoms with Crippen LogP contribution in [0.1, 0.15) is 42.1 Å². The molecule has 0 amide bonds. The molecule has 0 radical (unpaired) electrons. The first kappa shape index (κ1) is 21.9. The van der Waals surface area contributed by atoms with E-state index in [-0.39, 0.29) is 0 Å². The lowest BCUT2D eigenvalue weighted by atomic mass is 9.98. The summed E-state index contributed by atoms with van der Waals surface area (Å²) >= 11 is 0. The van der Waals surface area contributed by atoms with Crippen LogP contribution < -0.4 is 10.2 Å². The Labute approximate surface area is 206 Å². The second-order valence-electron chi connectivity index (χ2n) is 9.72. The van der Waals surface area contributed by atoms with E-state index in [2.05, 4.69) is 74.6 Å². The van der Waals surface area contributed by atoms with Crippen LogP contribution in [-0.4, -0.2) is 39.7 Å². The van der Waals surface area contributed by atoms with Gasteiger partial charge in [0.05, 0.1) is 17.4 Å². The van der Waals surface area contributed by atoms with Crippen LogP contribution in [0.2, 0.25) is 0 Å². The molecule has 2 N–H and O–H groups in total. The van der Waals surface area contributed by atoms with Gasteiger partial charge in [-0.1, -0.05) is 24.3 Å². The molecule has 178 valence electrons. The number of fused-ring (bicyclic) bond motifs is 3. The van der Waals surface area contributed by atoms with Crippen LogP contribution in [0, 0.1) is 5.41 Å². The molecule has 0 saturated heterocycles. The van der Waals surface area contributed by atoms with Crippen molar-refractivity contribution < 1.29 is 0 Å². The number of nitrogens with zero attached hydrogens (tertiary/aromatic N) is 4. The Bertz CT molecular complexity index is 1440. The third kappa shape index (κ3) is 3.98. The van der Waals surface area contributed by atoms with Crippen LogP contribution in [-0.2, 0) is 20.0 Å². The van der Waals surface area contributed by atoms with Gasteiger partial charge < -0.3 is 20.2 Å². The summed E-state index contributed by atoms with van der Waals surface area (Å²) in [6.45, 7) is 5.79. The van der Waals surface area contributed by atoms with Gasteiger partial charge in [0, 0.05) is 68.3 Å². The average molecular weight is 465 g/mol. The Kier molecular flexibility index (Phi) is 5.53. The summed E-state index contributed by atoms with van der Waals surface area (Å²) in [4.78, 5) is 2.47. The summed E-state index contributed by atoms with van der Waals surface area (Å²) in [5.74, 6) is 0. The predicted octanol–water partition coefficient (Wildman–Crippen LogP) is 5.08. The molecule has 2 aromatic carbocycles. The fourth-order valence-corrected chi connectivity index (χ4v) is 5.61. The Hall–Kier alpha value is -3.64. The number of nitrogens with one attached hydrogen (secondary N) is 2. The molecular formula is C29H32N6. The van der Waals surface area contributed by atoms with Crippen molar-refractivity contribution in [1.29, 1.82) is 5.41 Å². The zero-order chi connectivity index (χ0) is 23.9. The minimum Gasteiger partial charge on any atom is -0.371 e. The fourth-order valence-electron chi connectivity index (χ4n) is 5.61. The first-order valence-electron chi connectivity index (χ1n) is 12.5. The minimum absolute atomic E-state index is 0.613. The van der Waals surface area contributed by atoms with Gasteiger partial charge in [0.15, 0.2) is 0 Å². The van der Waals surface area contributed by atoms with Crippen LogP contribution in [0.25, 0.3) is 22.2 Å². The maximum absolute atomic E-state index is 7.84. The van der Waals surface area contributed by atoms with E-state index in [1.54, 1.807) is 0 Å². The smallest absolute Gasteiger partial charge is 0.0840 e. The Balaban J connectivity index is 1.30. The molecule has 0 aliphatic carbocycles. The van der Waals surface area contributed by atoms with Gasteiger partial charge in [-0.3, -0.25) is 4.68 Å². The van der Waals surface area contributed by atoms with Crippen LogP contribution in [0.15, 0.2) is 60.9 Å². The van der Waals surface area contributed by atoms with Crippen molar-refractivity contribution in [3.8, 4) is 5.69 Å². The van der Waals surface area contributed by atoms with Gasteiger partial charge >= 0.3 is 0 Å². The number of aryl methyl sites for hydroxylation is 1. The van der Waals surface area contributed by atoms with E-state index < -0.39 is 0 Å². The highest BCUT2D eigenvalue weighted by Gasteiger charge is 2.22. The first-order chi connectivity index (χ1) is 17.1. The summed E-state index contributed by atoms with van der Waals surface area (Å²) < 4.78 is 4.29. The molecule has 2 aliphatic rings. The fraction of sp³-hybridized carbons (Fsp3) is 0.310. The highest BCUT2D eigenvalue weighted by Crippen LogP contribution is 2.35. The molecule has 6 nitrogen and oxygen atoms in total. The molecule has 6 heteroatoms. The summed E-state index contributed by atoms with van der Waals surface area (Å²) in [5.41, 5.74) is 10.9. The van der Waals surface area contributed by atoms with E-state index in [0.717, 1.165) is 56.7 Å². The summed E-state index contributed by atoms with van der Waals surface area (Å²) in [6, 6.07) is 15.5. The third-order valence-electron chi connectivity index (χ3n) is 7.45. The Morgan fingerprint density at radius 2 is 1.89 bits per heavy atom. The Morgan fingerprint density at radius 1 is 1.03 bits per heavy atom. The van der Waals surface area contributed by atoms with Gasteiger partial charge in [0.2, 0.25) is 0 Å². The second-order valence-corrected chi connectivity index (χ2v) is 9.72.